The van der Waals surface area contributed by atoms with Crippen molar-refractivity contribution in [3.63, 3.8) is 0 Å². The first-order chi connectivity index (χ1) is 8.99. The molecular formula is C12H10Cl2N2O2S. The Bertz CT molecular complexity index is 579. The smallest absolute Gasteiger partial charge is 0.310 e. The van der Waals surface area contributed by atoms with E-state index in [1.807, 2.05) is 5.38 Å². The number of halogens is 2. The van der Waals surface area contributed by atoms with Crippen molar-refractivity contribution >= 4 is 51.3 Å². The number of anilines is 2. The Morgan fingerprint density at radius 3 is 2.53 bits per heavy atom. The predicted octanol–water partition coefficient (Wildman–Crippen LogP) is 4.38. The molecule has 0 amide bonds. The zero-order valence-electron chi connectivity index (χ0n) is 9.85. The summed E-state index contributed by atoms with van der Waals surface area (Å²) in [7, 11) is 0. The minimum atomic E-state index is -0.923. The molecule has 7 heteroatoms. The van der Waals surface area contributed by atoms with Crippen molar-refractivity contribution in [2.75, 3.05) is 5.32 Å². The highest BCUT2D eigenvalue weighted by atomic mass is 35.5. The number of carboxylic acids is 1. The van der Waals surface area contributed by atoms with E-state index in [9.17, 15) is 4.79 Å². The highest BCUT2D eigenvalue weighted by Crippen LogP contribution is 2.36. The van der Waals surface area contributed by atoms with Gasteiger partial charge in [0, 0.05) is 11.6 Å². The fourth-order valence-electron chi connectivity index (χ4n) is 1.50. The second-order valence-corrected chi connectivity index (χ2v) is 5.59. The van der Waals surface area contributed by atoms with E-state index in [1.54, 1.807) is 25.3 Å². The summed E-state index contributed by atoms with van der Waals surface area (Å²) in [6, 6.07) is 3.20. The summed E-state index contributed by atoms with van der Waals surface area (Å²) in [5.41, 5.74) is 1.09. The van der Waals surface area contributed by atoms with Crippen LogP contribution < -0.4 is 5.32 Å². The van der Waals surface area contributed by atoms with Crippen LogP contribution in [0.5, 0.6) is 0 Å². The molecule has 0 saturated carbocycles. The molecule has 1 atom stereocenters. The maximum Gasteiger partial charge on any atom is 0.310 e. The van der Waals surface area contributed by atoms with Crippen molar-refractivity contribution in [1.29, 1.82) is 0 Å². The van der Waals surface area contributed by atoms with Gasteiger partial charge in [0.15, 0.2) is 5.13 Å². The van der Waals surface area contributed by atoms with Gasteiger partial charge in [0.25, 0.3) is 0 Å². The van der Waals surface area contributed by atoms with Crippen molar-refractivity contribution in [2.45, 2.75) is 12.8 Å². The number of hydrogen-bond acceptors (Lipinski definition) is 4. The van der Waals surface area contributed by atoms with Crippen LogP contribution in [0.3, 0.4) is 0 Å². The fourth-order valence-corrected chi connectivity index (χ4v) is 2.63. The number of hydrogen-bond donors (Lipinski definition) is 2. The highest BCUT2D eigenvalue weighted by molar-refractivity contribution is 7.13. The number of carboxylic acid groups (broad SMARTS) is 1. The number of carbonyl (C=O) groups is 1. The van der Waals surface area contributed by atoms with Crippen molar-refractivity contribution in [2.24, 2.45) is 0 Å². The molecule has 0 aliphatic rings. The van der Waals surface area contributed by atoms with E-state index in [-0.39, 0.29) is 0 Å². The molecule has 0 radical (unpaired) electrons. The average molecular weight is 317 g/mol. The molecule has 2 aromatic rings. The van der Waals surface area contributed by atoms with Crippen LogP contribution in [0, 0.1) is 0 Å². The van der Waals surface area contributed by atoms with Gasteiger partial charge in [0.1, 0.15) is 0 Å². The third-order valence-electron chi connectivity index (χ3n) is 2.60. The first kappa shape index (κ1) is 14.1. The van der Waals surface area contributed by atoms with Gasteiger partial charge in [0.2, 0.25) is 0 Å². The first-order valence-corrected chi connectivity index (χ1v) is 7.01. The third-order valence-corrected chi connectivity index (χ3v) is 3.88. The van der Waals surface area contributed by atoms with Gasteiger partial charge < -0.3 is 10.4 Å². The summed E-state index contributed by atoms with van der Waals surface area (Å²) in [5, 5.41) is 15.2. The summed E-state index contributed by atoms with van der Waals surface area (Å²) in [4.78, 5) is 15.0. The van der Waals surface area contributed by atoms with Gasteiger partial charge >= 0.3 is 5.97 Å². The summed E-state index contributed by atoms with van der Waals surface area (Å²) in [5.74, 6) is -1.59. The average Bonchev–Trinajstić information content (AvgIpc) is 2.85. The zero-order chi connectivity index (χ0) is 14.0. The quantitative estimate of drug-likeness (QED) is 0.878. The molecule has 1 aromatic carbocycles. The number of benzene rings is 1. The molecular weight excluding hydrogens is 307 g/mol. The van der Waals surface area contributed by atoms with Crippen LogP contribution in [-0.4, -0.2) is 16.1 Å². The molecule has 0 spiro atoms. The number of aliphatic carboxylic acids is 1. The van der Waals surface area contributed by atoms with E-state index in [0.29, 0.717) is 26.4 Å². The maximum atomic E-state index is 11.0. The van der Waals surface area contributed by atoms with Crippen LogP contribution in [-0.2, 0) is 4.79 Å². The van der Waals surface area contributed by atoms with E-state index >= 15 is 0 Å². The standard InChI is InChI=1S/C12H10Cl2N2O2S/c1-6(11(17)18)7-4-8(13)10(9(14)5-7)16-12-15-2-3-19-12/h2-6H,1H3,(H,15,16)(H,17,18). The monoisotopic (exact) mass is 316 g/mol. The summed E-state index contributed by atoms with van der Waals surface area (Å²) in [6.45, 7) is 1.58. The van der Waals surface area contributed by atoms with Gasteiger partial charge in [-0.15, -0.1) is 11.3 Å². The molecule has 0 saturated heterocycles. The Labute approximate surface area is 124 Å². The minimum Gasteiger partial charge on any atom is -0.481 e. The predicted molar refractivity (Wildman–Crippen MR) is 77.9 cm³/mol. The van der Waals surface area contributed by atoms with Crippen molar-refractivity contribution < 1.29 is 9.90 Å². The van der Waals surface area contributed by atoms with Gasteiger partial charge in [-0.2, -0.15) is 0 Å². The van der Waals surface area contributed by atoms with Gasteiger partial charge in [-0.3, -0.25) is 4.79 Å². The Hall–Kier alpha value is -1.30. The molecule has 2 rings (SSSR count). The molecule has 4 nitrogen and oxygen atoms in total. The molecule has 1 heterocycles. The topological polar surface area (TPSA) is 62.2 Å². The van der Waals surface area contributed by atoms with Crippen molar-refractivity contribution in [3.8, 4) is 0 Å². The maximum absolute atomic E-state index is 11.0. The third kappa shape index (κ3) is 3.18. The van der Waals surface area contributed by atoms with Gasteiger partial charge in [-0.1, -0.05) is 23.2 Å². The second-order valence-electron chi connectivity index (χ2n) is 3.88. The van der Waals surface area contributed by atoms with Crippen LogP contribution in [0.1, 0.15) is 18.4 Å². The Kier molecular flexibility index (Phi) is 4.29. The molecule has 0 aliphatic carbocycles. The molecule has 0 fully saturated rings. The lowest BCUT2D eigenvalue weighted by Gasteiger charge is -2.12. The largest absolute Gasteiger partial charge is 0.481 e. The van der Waals surface area contributed by atoms with Crippen molar-refractivity contribution in [3.05, 3.63) is 39.3 Å². The lowest BCUT2D eigenvalue weighted by Crippen LogP contribution is -2.07. The Morgan fingerprint density at radius 2 is 2.05 bits per heavy atom. The van der Waals surface area contributed by atoms with Crippen LogP contribution in [0.25, 0.3) is 0 Å². The van der Waals surface area contributed by atoms with E-state index in [0.717, 1.165) is 0 Å². The van der Waals surface area contributed by atoms with E-state index < -0.39 is 11.9 Å². The SMILES string of the molecule is CC(C(=O)O)c1cc(Cl)c(Nc2nccs2)c(Cl)c1. The Morgan fingerprint density at radius 1 is 1.42 bits per heavy atom. The summed E-state index contributed by atoms with van der Waals surface area (Å²) >= 11 is 13.7. The number of thiazole rings is 1. The zero-order valence-corrected chi connectivity index (χ0v) is 12.2. The second kappa shape index (κ2) is 5.77. The first-order valence-electron chi connectivity index (χ1n) is 5.37. The fraction of sp³-hybridized carbons (Fsp3) is 0.167. The number of aromatic nitrogens is 1. The summed E-state index contributed by atoms with van der Waals surface area (Å²) in [6.07, 6.45) is 1.66. The number of nitrogens with one attached hydrogen (secondary N) is 1. The Balaban J connectivity index is 2.34. The summed E-state index contributed by atoms with van der Waals surface area (Å²) < 4.78 is 0. The van der Waals surface area contributed by atoms with E-state index in [1.165, 1.54) is 11.3 Å². The number of nitrogens with zero attached hydrogens (tertiary/aromatic N) is 1. The van der Waals surface area contributed by atoms with E-state index in [4.69, 9.17) is 28.3 Å². The van der Waals surface area contributed by atoms with Gasteiger partial charge in [-0.25, -0.2) is 4.98 Å². The van der Waals surface area contributed by atoms with Gasteiger partial charge in [0.05, 0.1) is 21.7 Å². The normalized spacial score (nSPS) is 12.2. The van der Waals surface area contributed by atoms with Crippen LogP contribution >= 0.6 is 34.5 Å². The molecule has 19 heavy (non-hydrogen) atoms. The van der Waals surface area contributed by atoms with Gasteiger partial charge in [-0.05, 0) is 24.6 Å². The van der Waals surface area contributed by atoms with Crippen LogP contribution in [0.4, 0.5) is 10.8 Å². The van der Waals surface area contributed by atoms with Crippen LogP contribution in [0.2, 0.25) is 10.0 Å². The molecule has 100 valence electrons. The lowest BCUT2D eigenvalue weighted by atomic mass is 10.0. The van der Waals surface area contributed by atoms with Crippen LogP contribution in [0.15, 0.2) is 23.7 Å². The number of rotatable bonds is 4. The molecule has 1 unspecified atom stereocenters. The van der Waals surface area contributed by atoms with Crippen molar-refractivity contribution in [1.82, 2.24) is 4.98 Å². The molecule has 0 aliphatic heterocycles. The van der Waals surface area contributed by atoms with E-state index in [2.05, 4.69) is 10.3 Å². The lowest BCUT2D eigenvalue weighted by molar-refractivity contribution is -0.138. The highest BCUT2D eigenvalue weighted by Gasteiger charge is 2.17. The molecule has 0 bridgehead atoms. The molecule has 1 aromatic heterocycles. The minimum absolute atomic E-state index is 0.366. The molecule has 2 N–H and O–H groups in total.